The molecule has 0 radical (unpaired) electrons. The largest absolute Gasteiger partial charge is 0.494 e. The number of anilines is 1. The van der Waals surface area contributed by atoms with Crippen molar-refractivity contribution < 1.29 is 4.74 Å². The minimum absolute atomic E-state index is 0.353. The summed E-state index contributed by atoms with van der Waals surface area (Å²) in [6.07, 6.45) is 3.55. The molecule has 2 aromatic carbocycles. The predicted molar refractivity (Wildman–Crippen MR) is 92.7 cm³/mol. The molecular formula is C18H18N4O. The zero-order valence-corrected chi connectivity index (χ0v) is 12.9. The molecular weight excluding hydrogens is 288 g/mol. The molecule has 23 heavy (non-hydrogen) atoms. The molecule has 116 valence electrons. The molecule has 0 aliphatic heterocycles. The predicted octanol–water partition coefficient (Wildman–Crippen LogP) is 3.41. The molecule has 5 heteroatoms. The van der Waals surface area contributed by atoms with Gasteiger partial charge in [0.1, 0.15) is 5.75 Å². The highest BCUT2D eigenvalue weighted by atomic mass is 16.5. The van der Waals surface area contributed by atoms with Gasteiger partial charge in [0.25, 0.3) is 0 Å². The first-order chi connectivity index (χ1) is 11.3. The van der Waals surface area contributed by atoms with Gasteiger partial charge in [0.05, 0.1) is 24.7 Å². The number of benzene rings is 2. The number of nitrogens with zero attached hydrogens (tertiary/aromatic N) is 3. The fraction of sp³-hybridized carbons (Fsp3) is 0.111. The molecule has 1 heterocycles. The Morgan fingerprint density at radius 3 is 2.57 bits per heavy atom. The maximum atomic E-state index is 5.92. The van der Waals surface area contributed by atoms with Gasteiger partial charge in [0.15, 0.2) is 0 Å². The van der Waals surface area contributed by atoms with E-state index in [-0.39, 0.29) is 0 Å². The van der Waals surface area contributed by atoms with Gasteiger partial charge in [-0.2, -0.15) is 5.10 Å². The van der Waals surface area contributed by atoms with Crippen LogP contribution in [0.25, 0.3) is 11.3 Å². The zero-order chi connectivity index (χ0) is 16.1. The number of hydrogen-bond donors (Lipinski definition) is 1. The van der Waals surface area contributed by atoms with E-state index < -0.39 is 0 Å². The number of rotatable bonds is 5. The van der Waals surface area contributed by atoms with Crippen molar-refractivity contribution in [2.75, 3.05) is 12.3 Å². The van der Waals surface area contributed by atoms with Crippen molar-refractivity contribution in [2.24, 2.45) is 5.10 Å². The average Bonchev–Trinajstić information content (AvgIpc) is 2.96. The number of hydrogen-bond acceptors (Lipinski definition) is 4. The first-order valence-corrected chi connectivity index (χ1v) is 7.44. The maximum Gasteiger partial charge on any atom is 0.221 e. The van der Waals surface area contributed by atoms with E-state index in [4.69, 9.17) is 10.5 Å². The average molecular weight is 306 g/mol. The molecule has 3 rings (SSSR count). The second-order valence-electron chi connectivity index (χ2n) is 4.94. The van der Waals surface area contributed by atoms with Crippen LogP contribution in [0.15, 0.2) is 65.9 Å². The van der Waals surface area contributed by atoms with Gasteiger partial charge in [-0.3, -0.25) is 0 Å². The van der Waals surface area contributed by atoms with E-state index in [2.05, 4.69) is 10.1 Å². The molecule has 1 aromatic heterocycles. The van der Waals surface area contributed by atoms with Crippen LogP contribution >= 0.6 is 0 Å². The third-order valence-electron chi connectivity index (χ3n) is 3.31. The van der Waals surface area contributed by atoms with Gasteiger partial charge in [-0.25, -0.2) is 9.66 Å². The van der Waals surface area contributed by atoms with E-state index in [0.717, 1.165) is 22.6 Å². The second-order valence-corrected chi connectivity index (χ2v) is 4.94. The number of imidazole rings is 1. The number of ether oxygens (including phenoxy) is 1. The number of nitrogens with two attached hydrogens (primary N) is 1. The van der Waals surface area contributed by atoms with Gasteiger partial charge in [0.2, 0.25) is 5.95 Å². The highest BCUT2D eigenvalue weighted by Crippen LogP contribution is 2.19. The lowest BCUT2D eigenvalue weighted by atomic mass is 10.2. The summed E-state index contributed by atoms with van der Waals surface area (Å²) in [6.45, 7) is 2.61. The van der Waals surface area contributed by atoms with Crippen molar-refractivity contribution in [1.82, 2.24) is 9.66 Å². The van der Waals surface area contributed by atoms with Crippen LogP contribution in [0.3, 0.4) is 0 Å². The van der Waals surface area contributed by atoms with Gasteiger partial charge >= 0.3 is 0 Å². The van der Waals surface area contributed by atoms with Gasteiger partial charge < -0.3 is 10.5 Å². The Kier molecular flexibility index (Phi) is 4.38. The standard InChI is InChI=1S/C18H18N4O/c1-2-23-16-10-8-14(9-11-16)12-20-22-13-17(21-18(22)19)15-6-4-3-5-7-15/h3-13H,2H2,1H3,(H2,19,21)/b20-12+. The van der Waals surface area contributed by atoms with E-state index in [9.17, 15) is 0 Å². The van der Waals surface area contributed by atoms with Crippen LogP contribution in [0.2, 0.25) is 0 Å². The quantitative estimate of drug-likeness (QED) is 0.735. The minimum Gasteiger partial charge on any atom is -0.494 e. The Bertz CT molecular complexity index is 792. The normalized spacial score (nSPS) is 11.0. The van der Waals surface area contributed by atoms with Gasteiger partial charge in [-0.05, 0) is 36.8 Å². The van der Waals surface area contributed by atoms with Crippen molar-refractivity contribution in [3.63, 3.8) is 0 Å². The van der Waals surface area contributed by atoms with Crippen LogP contribution in [0.1, 0.15) is 12.5 Å². The molecule has 0 saturated carbocycles. The third kappa shape index (κ3) is 3.58. The van der Waals surface area contributed by atoms with Crippen molar-refractivity contribution in [1.29, 1.82) is 0 Å². The van der Waals surface area contributed by atoms with Crippen LogP contribution in [-0.4, -0.2) is 22.5 Å². The fourth-order valence-corrected chi connectivity index (χ4v) is 2.17. The summed E-state index contributed by atoms with van der Waals surface area (Å²) in [4.78, 5) is 4.34. The summed E-state index contributed by atoms with van der Waals surface area (Å²) in [7, 11) is 0. The minimum atomic E-state index is 0.353. The Balaban J connectivity index is 1.78. The Labute approximate surface area is 135 Å². The topological polar surface area (TPSA) is 65.4 Å². The lowest BCUT2D eigenvalue weighted by Crippen LogP contribution is -1.97. The lowest BCUT2D eigenvalue weighted by molar-refractivity contribution is 0.340. The lowest BCUT2D eigenvalue weighted by Gasteiger charge is -2.02. The molecule has 0 atom stereocenters. The van der Waals surface area contributed by atoms with E-state index in [1.807, 2.05) is 67.7 Å². The number of aromatic nitrogens is 2. The fourth-order valence-electron chi connectivity index (χ4n) is 2.17. The van der Waals surface area contributed by atoms with Crippen molar-refractivity contribution in [3.05, 3.63) is 66.4 Å². The number of nitrogen functional groups attached to an aromatic ring is 1. The monoisotopic (exact) mass is 306 g/mol. The van der Waals surface area contributed by atoms with Crippen LogP contribution in [-0.2, 0) is 0 Å². The molecule has 0 bridgehead atoms. The van der Waals surface area contributed by atoms with Gasteiger partial charge in [-0.15, -0.1) is 0 Å². The van der Waals surface area contributed by atoms with Crippen LogP contribution in [0, 0.1) is 0 Å². The van der Waals surface area contributed by atoms with E-state index in [1.54, 1.807) is 10.9 Å². The summed E-state index contributed by atoms with van der Waals surface area (Å²) in [5, 5.41) is 4.36. The van der Waals surface area contributed by atoms with E-state index in [0.29, 0.717) is 12.6 Å². The van der Waals surface area contributed by atoms with Crippen LogP contribution < -0.4 is 10.5 Å². The highest BCUT2D eigenvalue weighted by molar-refractivity contribution is 5.79. The molecule has 0 spiro atoms. The smallest absolute Gasteiger partial charge is 0.221 e. The molecule has 0 saturated heterocycles. The van der Waals surface area contributed by atoms with Crippen molar-refractivity contribution in [2.45, 2.75) is 6.92 Å². The Morgan fingerprint density at radius 1 is 1.13 bits per heavy atom. The molecule has 0 fully saturated rings. The molecule has 0 unspecified atom stereocenters. The third-order valence-corrected chi connectivity index (χ3v) is 3.31. The first kappa shape index (κ1) is 14.8. The molecule has 3 aromatic rings. The summed E-state index contributed by atoms with van der Waals surface area (Å²) < 4.78 is 6.98. The highest BCUT2D eigenvalue weighted by Gasteiger charge is 2.05. The summed E-state index contributed by atoms with van der Waals surface area (Å²) in [6, 6.07) is 17.6. The SMILES string of the molecule is CCOc1ccc(/C=N/n2cc(-c3ccccc3)nc2N)cc1. The molecule has 2 N–H and O–H groups in total. The molecule has 0 aliphatic carbocycles. The summed E-state index contributed by atoms with van der Waals surface area (Å²) >= 11 is 0. The summed E-state index contributed by atoms with van der Waals surface area (Å²) in [5.41, 5.74) is 8.69. The van der Waals surface area contributed by atoms with Gasteiger partial charge in [-0.1, -0.05) is 30.3 Å². The van der Waals surface area contributed by atoms with E-state index in [1.165, 1.54) is 0 Å². The second kappa shape index (κ2) is 6.79. The zero-order valence-electron chi connectivity index (χ0n) is 12.9. The van der Waals surface area contributed by atoms with Crippen molar-refractivity contribution >= 4 is 12.2 Å². The Hall–Kier alpha value is -3.08. The first-order valence-electron chi connectivity index (χ1n) is 7.44. The molecule has 0 aliphatic rings. The molecule has 0 amide bonds. The maximum absolute atomic E-state index is 5.92. The Morgan fingerprint density at radius 2 is 1.87 bits per heavy atom. The molecule has 5 nitrogen and oxygen atoms in total. The summed E-state index contributed by atoms with van der Waals surface area (Å²) in [5.74, 6) is 1.20. The van der Waals surface area contributed by atoms with Crippen LogP contribution in [0.4, 0.5) is 5.95 Å². The van der Waals surface area contributed by atoms with Crippen molar-refractivity contribution in [3.8, 4) is 17.0 Å². The van der Waals surface area contributed by atoms with Crippen LogP contribution in [0.5, 0.6) is 5.75 Å². The van der Waals surface area contributed by atoms with Gasteiger partial charge in [0, 0.05) is 5.56 Å². The van der Waals surface area contributed by atoms with E-state index >= 15 is 0 Å².